The molecule has 1 fully saturated rings. The fourth-order valence-electron chi connectivity index (χ4n) is 2.14. The van der Waals surface area contributed by atoms with Gasteiger partial charge in [-0.15, -0.1) is 5.10 Å². The highest BCUT2D eigenvalue weighted by Gasteiger charge is 2.15. The Bertz CT molecular complexity index is 613. The van der Waals surface area contributed by atoms with Gasteiger partial charge in [-0.25, -0.2) is 0 Å². The van der Waals surface area contributed by atoms with Gasteiger partial charge in [0.2, 0.25) is 5.95 Å². The minimum atomic E-state index is 0.579. The second-order valence-corrected chi connectivity index (χ2v) is 5.43. The van der Waals surface area contributed by atoms with E-state index in [4.69, 9.17) is 23.2 Å². The summed E-state index contributed by atoms with van der Waals surface area (Å²) in [5.41, 5.74) is 0.701. The molecule has 1 aromatic heterocycles. The molecule has 2 heterocycles. The molecule has 1 aliphatic heterocycles. The lowest BCUT2D eigenvalue weighted by Crippen LogP contribution is -2.21. The lowest BCUT2D eigenvalue weighted by molar-refractivity contribution is 0.852. The van der Waals surface area contributed by atoms with Crippen molar-refractivity contribution in [2.24, 2.45) is 0 Å². The van der Waals surface area contributed by atoms with Gasteiger partial charge in [0.1, 0.15) is 0 Å². The van der Waals surface area contributed by atoms with Gasteiger partial charge in [-0.1, -0.05) is 23.2 Å². The first-order valence-electron chi connectivity index (χ1n) is 6.39. The van der Waals surface area contributed by atoms with Crippen LogP contribution in [0.25, 0.3) is 0 Å². The predicted molar refractivity (Wildman–Crippen MR) is 81.0 cm³/mol. The first-order valence-corrected chi connectivity index (χ1v) is 7.15. The Labute approximate surface area is 126 Å². The summed E-state index contributed by atoms with van der Waals surface area (Å²) in [5.74, 6) is 1.25. The van der Waals surface area contributed by atoms with Crippen LogP contribution in [0.5, 0.6) is 0 Å². The van der Waals surface area contributed by atoms with Crippen molar-refractivity contribution in [3.8, 4) is 0 Å². The van der Waals surface area contributed by atoms with E-state index in [1.165, 1.54) is 12.8 Å². The number of aromatic nitrogens is 3. The van der Waals surface area contributed by atoms with E-state index in [2.05, 4.69) is 25.4 Å². The first kappa shape index (κ1) is 13.4. The van der Waals surface area contributed by atoms with Crippen LogP contribution < -0.4 is 10.2 Å². The van der Waals surface area contributed by atoms with Crippen molar-refractivity contribution in [3.63, 3.8) is 0 Å². The molecule has 20 heavy (non-hydrogen) atoms. The standard InChI is InChI=1S/C13H13Cl2N5/c14-9-3-4-10(15)11(7-9)17-12-8-16-19-13(18-12)20-5-1-2-6-20/h3-4,7-8H,1-2,5-6H2,(H,17,18,19). The van der Waals surface area contributed by atoms with Crippen molar-refractivity contribution in [2.75, 3.05) is 23.3 Å². The van der Waals surface area contributed by atoms with Crippen molar-refractivity contribution < 1.29 is 0 Å². The Morgan fingerprint density at radius 1 is 1.15 bits per heavy atom. The van der Waals surface area contributed by atoms with Gasteiger partial charge in [0.05, 0.1) is 16.9 Å². The Morgan fingerprint density at radius 2 is 1.95 bits per heavy atom. The van der Waals surface area contributed by atoms with Gasteiger partial charge < -0.3 is 10.2 Å². The second-order valence-electron chi connectivity index (χ2n) is 4.58. The van der Waals surface area contributed by atoms with Crippen LogP contribution in [0.15, 0.2) is 24.4 Å². The van der Waals surface area contributed by atoms with Crippen molar-refractivity contribution in [1.29, 1.82) is 0 Å². The maximum Gasteiger partial charge on any atom is 0.247 e. The normalized spacial score (nSPS) is 14.6. The fourth-order valence-corrected chi connectivity index (χ4v) is 2.47. The van der Waals surface area contributed by atoms with Crippen LogP contribution in [0.3, 0.4) is 0 Å². The lowest BCUT2D eigenvalue weighted by atomic mass is 10.3. The molecular formula is C13H13Cl2N5. The van der Waals surface area contributed by atoms with Crippen LogP contribution in [0.1, 0.15) is 12.8 Å². The highest BCUT2D eigenvalue weighted by Crippen LogP contribution is 2.28. The molecule has 0 amide bonds. The van der Waals surface area contributed by atoms with E-state index < -0.39 is 0 Å². The monoisotopic (exact) mass is 309 g/mol. The molecule has 7 heteroatoms. The molecule has 3 rings (SSSR count). The molecule has 2 aromatic rings. The molecule has 1 N–H and O–H groups in total. The highest BCUT2D eigenvalue weighted by molar-refractivity contribution is 6.35. The van der Waals surface area contributed by atoms with Crippen LogP contribution in [0.4, 0.5) is 17.5 Å². The largest absolute Gasteiger partial charge is 0.339 e. The number of rotatable bonds is 3. The summed E-state index contributed by atoms with van der Waals surface area (Å²) in [7, 11) is 0. The molecule has 1 saturated heterocycles. The molecule has 1 aliphatic rings. The van der Waals surface area contributed by atoms with E-state index >= 15 is 0 Å². The molecular weight excluding hydrogens is 297 g/mol. The van der Waals surface area contributed by atoms with Crippen LogP contribution in [-0.4, -0.2) is 28.3 Å². The molecule has 5 nitrogen and oxygen atoms in total. The molecule has 0 bridgehead atoms. The minimum Gasteiger partial charge on any atom is -0.339 e. The second kappa shape index (κ2) is 5.81. The smallest absolute Gasteiger partial charge is 0.247 e. The van der Waals surface area contributed by atoms with Crippen molar-refractivity contribution in [1.82, 2.24) is 15.2 Å². The van der Waals surface area contributed by atoms with Crippen molar-refractivity contribution in [2.45, 2.75) is 12.8 Å². The number of hydrogen-bond donors (Lipinski definition) is 1. The van der Waals surface area contributed by atoms with Gasteiger partial charge in [0.15, 0.2) is 5.82 Å². The van der Waals surface area contributed by atoms with E-state index in [1.807, 2.05) is 0 Å². The average molecular weight is 310 g/mol. The number of anilines is 3. The maximum atomic E-state index is 6.12. The number of benzene rings is 1. The molecule has 0 unspecified atom stereocenters. The van der Waals surface area contributed by atoms with Crippen LogP contribution in [-0.2, 0) is 0 Å². The third kappa shape index (κ3) is 2.94. The molecule has 0 aliphatic carbocycles. The summed E-state index contributed by atoms with van der Waals surface area (Å²) in [6, 6.07) is 5.23. The predicted octanol–water partition coefficient (Wildman–Crippen LogP) is 3.52. The summed E-state index contributed by atoms with van der Waals surface area (Å²) >= 11 is 12.1. The zero-order valence-corrected chi connectivity index (χ0v) is 12.2. The Kier molecular flexibility index (Phi) is 3.89. The third-order valence-electron chi connectivity index (χ3n) is 3.13. The van der Waals surface area contributed by atoms with Crippen LogP contribution in [0, 0.1) is 0 Å². The van der Waals surface area contributed by atoms with E-state index in [-0.39, 0.29) is 0 Å². The Balaban J connectivity index is 1.83. The van der Waals surface area contributed by atoms with Gasteiger partial charge in [0, 0.05) is 18.1 Å². The molecule has 0 atom stereocenters. The summed E-state index contributed by atoms with van der Waals surface area (Å²) in [6.45, 7) is 1.95. The van der Waals surface area contributed by atoms with E-state index in [1.54, 1.807) is 24.4 Å². The van der Waals surface area contributed by atoms with Crippen LogP contribution >= 0.6 is 23.2 Å². The first-order chi connectivity index (χ1) is 9.72. The average Bonchev–Trinajstić information content (AvgIpc) is 2.97. The van der Waals surface area contributed by atoms with Gasteiger partial charge in [0.25, 0.3) is 0 Å². The third-order valence-corrected chi connectivity index (χ3v) is 3.69. The summed E-state index contributed by atoms with van der Waals surface area (Å²) in [4.78, 5) is 6.58. The highest BCUT2D eigenvalue weighted by atomic mass is 35.5. The van der Waals surface area contributed by atoms with E-state index in [0.717, 1.165) is 13.1 Å². The van der Waals surface area contributed by atoms with E-state index in [0.29, 0.717) is 27.5 Å². The Morgan fingerprint density at radius 3 is 2.75 bits per heavy atom. The number of nitrogens with one attached hydrogen (secondary N) is 1. The fraction of sp³-hybridized carbons (Fsp3) is 0.308. The van der Waals surface area contributed by atoms with Gasteiger partial charge >= 0.3 is 0 Å². The SMILES string of the molecule is Clc1ccc(Cl)c(Nc2cnnc(N3CCCC3)n2)c1. The van der Waals surface area contributed by atoms with Crippen LogP contribution in [0.2, 0.25) is 10.0 Å². The summed E-state index contributed by atoms with van der Waals surface area (Å²) in [5, 5.41) is 12.4. The van der Waals surface area contributed by atoms with Gasteiger partial charge in [-0.05, 0) is 31.0 Å². The lowest BCUT2D eigenvalue weighted by Gasteiger charge is -2.15. The number of hydrogen-bond acceptors (Lipinski definition) is 5. The van der Waals surface area contributed by atoms with Crippen molar-refractivity contribution >= 4 is 40.7 Å². The zero-order chi connectivity index (χ0) is 13.9. The molecule has 104 valence electrons. The van der Waals surface area contributed by atoms with Crippen molar-refractivity contribution in [3.05, 3.63) is 34.4 Å². The number of nitrogens with zero attached hydrogens (tertiary/aromatic N) is 4. The Hall–Kier alpha value is -1.59. The molecule has 1 aromatic carbocycles. The molecule has 0 saturated carbocycles. The van der Waals surface area contributed by atoms with Gasteiger partial charge in [-0.2, -0.15) is 10.1 Å². The molecule has 0 spiro atoms. The zero-order valence-electron chi connectivity index (χ0n) is 10.7. The molecule has 0 radical (unpaired) electrons. The maximum absolute atomic E-state index is 6.12. The topological polar surface area (TPSA) is 53.9 Å². The van der Waals surface area contributed by atoms with E-state index in [9.17, 15) is 0 Å². The summed E-state index contributed by atoms with van der Waals surface area (Å²) < 4.78 is 0. The van der Waals surface area contributed by atoms with Gasteiger partial charge in [-0.3, -0.25) is 0 Å². The minimum absolute atomic E-state index is 0.579. The quantitative estimate of drug-likeness (QED) is 0.940. The number of halogens is 2. The summed E-state index contributed by atoms with van der Waals surface area (Å²) in [6.07, 6.45) is 3.90.